The maximum Gasteiger partial charge on any atom is 0.345 e. The van der Waals surface area contributed by atoms with E-state index < -0.39 is 5.63 Å². The minimum Gasteiger partial charge on any atom is -0.496 e. The van der Waals surface area contributed by atoms with Crippen molar-refractivity contribution in [1.82, 2.24) is 4.98 Å². The zero-order valence-corrected chi connectivity index (χ0v) is 14.7. The molecule has 2 heterocycles. The third-order valence-electron chi connectivity index (χ3n) is 3.86. The van der Waals surface area contributed by atoms with Gasteiger partial charge in [0.05, 0.1) is 18.4 Å². The summed E-state index contributed by atoms with van der Waals surface area (Å²) in [7, 11) is 1.62. The standard InChI is InChI=1S/C20H14N2O3S/c1-24-17-8-4-3-7-14(17)11-21-20-22-16(12-26-20)15-10-13-6-2-5-9-18(13)25-19(15)23/h2-12H,1H3/b21-11+. The van der Waals surface area contributed by atoms with Gasteiger partial charge in [-0.25, -0.2) is 14.8 Å². The molecule has 0 amide bonds. The van der Waals surface area contributed by atoms with Gasteiger partial charge in [-0.2, -0.15) is 0 Å². The normalized spacial score (nSPS) is 11.3. The van der Waals surface area contributed by atoms with Gasteiger partial charge in [0.25, 0.3) is 0 Å². The molecule has 26 heavy (non-hydrogen) atoms. The van der Waals surface area contributed by atoms with Gasteiger partial charge in [0.1, 0.15) is 11.3 Å². The van der Waals surface area contributed by atoms with Gasteiger partial charge in [0, 0.05) is 22.5 Å². The number of methoxy groups -OCH3 is 1. The van der Waals surface area contributed by atoms with Crippen LogP contribution in [0.4, 0.5) is 5.13 Å². The third-order valence-corrected chi connectivity index (χ3v) is 4.61. The Morgan fingerprint density at radius 3 is 2.85 bits per heavy atom. The molecule has 0 N–H and O–H groups in total. The van der Waals surface area contributed by atoms with E-state index in [0.717, 1.165) is 16.7 Å². The lowest BCUT2D eigenvalue weighted by Gasteiger charge is -2.02. The Hall–Kier alpha value is -3.25. The van der Waals surface area contributed by atoms with Gasteiger partial charge in [0.2, 0.25) is 5.13 Å². The van der Waals surface area contributed by atoms with E-state index in [9.17, 15) is 4.79 Å². The van der Waals surface area contributed by atoms with Gasteiger partial charge in [-0.3, -0.25) is 0 Å². The van der Waals surface area contributed by atoms with Crippen LogP contribution < -0.4 is 10.4 Å². The van der Waals surface area contributed by atoms with Crippen molar-refractivity contribution in [2.24, 2.45) is 4.99 Å². The predicted molar refractivity (Wildman–Crippen MR) is 104 cm³/mol. The Labute approximate surface area is 153 Å². The van der Waals surface area contributed by atoms with Gasteiger partial charge in [-0.1, -0.05) is 30.3 Å². The molecule has 0 radical (unpaired) electrons. The van der Waals surface area contributed by atoms with Gasteiger partial charge >= 0.3 is 5.63 Å². The fourth-order valence-electron chi connectivity index (χ4n) is 2.59. The smallest absolute Gasteiger partial charge is 0.345 e. The number of hydrogen-bond acceptors (Lipinski definition) is 6. The Morgan fingerprint density at radius 1 is 1.15 bits per heavy atom. The van der Waals surface area contributed by atoms with Gasteiger partial charge in [-0.05, 0) is 24.3 Å². The fraction of sp³-hybridized carbons (Fsp3) is 0.0500. The highest BCUT2D eigenvalue weighted by Crippen LogP contribution is 2.27. The molecule has 0 saturated carbocycles. The van der Waals surface area contributed by atoms with Crippen LogP contribution in [0, 0.1) is 0 Å². The Morgan fingerprint density at radius 2 is 1.96 bits per heavy atom. The largest absolute Gasteiger partial charge is 0.496 e. The Kier molecular flexibility index (Phi) is 4.33. The second-order valence-corrected chi connectivity index (χ2v) is 6.34. The molecule has 0 bridgehead atoms. The highest BCUT2D eigenvalue weighted by Gasteiger charge is 2.11. The van der Waals surface area contributed by atoms with E-state index in [0.29, 0.717) is 22.0 Å². The number of ether oxygens (including phenoxy) is 1. The van der Waals surface area contributed by atoms with Gasteiger partial charge in [-0.15, -0.1) is 11.3 Å². The number of rotatable bonds is 4. The van der Waals surface area contributed by atoms with Crippen molar-refractivity contribution in [2.75, 3.05) is 7.11 Å². The summed E-state index contributed by atoms with van der Waals surface area (Å²) in [6.07, 6.45) is 1.70. The predicted octanol–water partition coefficient (Wildman–Crippen LogP) is 4.68. The molecule has 0 atom stereocenters. The molecular weight excluding hydrogens is 348 g/mol. The van der Waals surface area contributed by atoms with Crippen molar-refractivity contribution in [2.45, 2.75) is 0 Å². The topological polar surface area (TPSA) is 64.7 Å². The van der Waals surface area contributed by atoms with E-state index in [2.05, 4.69) is 9.98 Å². The molecule has 0 spiro atoms. The van der Waals surface area contributed by atoms with Crippen molar-refractivity contribution >= 4 is 33.7 Å². The molecule has 0 unspecified atom stereocenters. The highest BCUT2D eigenvalue weighted by atomic mass is 32.1. The Balaban J connectivity index is 1.67. The van der Waals surface area contributed by atoms with Crippen molar-refractivity contribution in [3.63, 3.8) is 0 Å². The number of thiazole rings is 1. The average molecular weight is 362 g/mol. The van der Waals surface area contributed by atoms with Crippen molar-refractivity contribution in [3.8, 4) is 17.0 Å². The molecule has 2 aromatic carbocycles. The minimum absolute atomic E-state index is 0.408. The van der Waals surface area contributed by atoms with Crippen LogP contribution in [0.25, 0.3) is 22.2 Å². The maximum atomic E-state index is 12.2. The number of hydrogen-bond donors (Lipinski definition) is 0. The fourth-order valence-corrected chi connectivity index (χ4v) is 3.25. The summed E-state index contributed by atoms with van der Waals surface area (Å²) in [4.78, 5) is 21.1. The second kappa shape index (κ2) is 6.93. The zero-order valence-electron chi connectivity index (χ0n) is 13.9. The molecule has 0 aliphatic rings. The number of fused-ring (bicyclic) bond motifs is 1. The van der Waals surface area contributed by atoms with E-state index in [1.54, 1.807) is 30.8 Å². The van der Waals surface area contributed by atoms with E-state index in [4.69, 9.17) is 9.15 Å². The van der Waals surface area contributed by atoms with Gasteiger partial charge < -0.3 is 9.15 Å². The highest BCUT2D eigenvalue weighted by molar-refractivity contribution is 7.13. The molecule has 5 nitrogen and oxygen atoms in total. The summed E-state index contributed by atoms with van der Waals surface area (Å²) >= 11 is 1.36. The van der Waals surface area contributed by atoms with Crippen LogP contribution >= 0.6 is 11.3 Å². The molecule has 0 aliphatic carbocycles. The number of nitrogens with zero attached hydrogens (tertiary/aromatic N) is 2. The molecule has 4 rings (SSSR count). The SMILES string of the molecule is COc1ccccc1/C=N/c1nc(-c2cc3ccccc3oc2=O)cs1. The van der Waals surface area contributed by atoms with E-state index >= 15 is 0 Å². The first-order valence-corrected chi connectivity index (χ1v) is 8.78. The molecule has 0 aliphatic heterocycles. The third kappa shape index (κ3) is 3.14. The molecule has 0 saturated heterocycles. The molecule has 4 aromatic rings. The van der Waals surface area contributed by atoms with E-state index in [-0.39, 0.29) is 0 Å². The summed E-state index contributed by atoms with van der Waals surface area (Å²) in [5.41, 5.74) is 2.00. The first-order chi connectivity index (χ1) is 12.7. The second-order valence-electron chi connectivity index (χ2n) is 5.50. The molecule has 2 aromatic heterocycles. The van der Waals surface area contributed by atoms with Crippen molar-refractivity contribution < 1.29 is 9.15 Å². The van der Waals surface area contributed by atoms with Crippen LogP contribution in [0.1, 0.15) is 5.56 Å². The van der Waals surface area contributed by atoms with Crippen LogP contribution in [0.3, 0.4) is 0 Å². The van der Waals surface area contributed by atoms with Crippen LogP contribution in [-0.2, 0) is 0 Å². The molecular formula is C20H14N2O3S. The summed E-state index contributed by atoms with van der Waals surface area (Å²) in [5.74, 6) is 0.739. The first kappa shape index (κ1) is 16.2. The van der Waals surface area contributed by atoms with Crippen molar-refractivity contribution in [1.29, 1.82) is 0 Å². The van der Waals surface area contributed by atoms with Crippen molar-refractivity contribution in [3.05, 3.63) is 76.0 Å². The van der Waals surface area contributed by atoms with Crippen LogP contribution in [0.15, 0.2) is 74.2 Å². The number of benzene rings is 2. The summed E-state index contributed by atoms with van der Waals surface area (Å²) < 4.78 is 10.7. The number of para-hydroxylation sites is 2. The quantitative estimate of drug-likeness (QED) is 0.391. The summed E-state index contributed by atoms with van der Waals surface area (Å²) in [6.45, 7) is 0. The average Bonchev–Trinajstić information content (AvgIpc) is 3.14. The van der Waals surface area contributed by atoms with E-state index in [1.165, 1.54) is 11.3 Å². The molecule has 6 heteroatoms. The van der Waals surface area contributed by atoms with Crippen LogP contribution in [-0.4, -0.2) is 18.3 Å². The minimum atomic E-state index is -0.408. The maximum absolute atomic E-state index is 12.2. The summed E-state index contributed by atoms with van der Waals surface area (Å²) in [5, 5.41) is 3.21. The summed E-state index contributed by atoms with van der Waals surface area (Å²) in [6, 6.07) is 16.8. The monoisotopic (exact) mass is 362 g/mol. The van der Waals surface area contributed by atoms with Crippen LogP contribution in [0.2, 0.25) is 0 Å². The Bertz CT molecular complexity index is 1160. The lowest BCUT2D eigenvalue weighted by atomic mass is 10.1. The lowest BCUT2D eigenvalue weighted by molar-refractivity contribution is 0.414. The molecule has 0 fully saturated rings. The van der Waals surface area contributed by atoms with E-state index in [1.807, 2.05) is 42.5 Å². The lowest BCUT2D eigenvalue weighted by Crippen LogP contribution is -2.02. The zero-order chi connectivity index (χ0) is 17.9. The number of aromatic nitrogens is 1. The van der Waals surface area contributed by atoms with Crippen LogP contribution in [0.5, 0.6) is 5.75 Å². The first-order valence-electron chi connectivity index (χ1n) is 7.90. The van der Waals surface area contributed by atoms with Gasteiger partial charge in [0.15, 0.2) is 0 Å². The molecule has 128 valence electrons. The number of aliphatic imine (C=N–C) groups is 1.